The van der Waals surface area contributed by atoms with E-state index in [9.17, 15) is 14.0 Å². The molecule has 0 saturated heterocycles. The summed E-state index contributed by atoms with van der Waals surface area (Å²) in [6.07, 6.45) is -0.0967. The number of methoxy groups -OCH3 is 2. The predicted octanol–water partition coefficient (Wildman–Crippen LogP) is 2.98. The van der Waals surface area contributed by atoms with Crippen molar-refractivity contribution in [1.82, 2.24) is 5.43 Å². The van der Waals surface area contributed by atoms with Crippen LogP contribution in [-0.4, -0.2) is 31.7 Å². The number of carbonyl (C=O) groups excluding carboxylic acids is 2. The topological polar surface area (TPSA) is 89.0 Å². The SMILES string of the molecule is COc1ccc(C(=O)NN=C(C)CC(=O)Nc2ccccc2F)cc1OC. The number of nitrogens with zero attached hydrogens (tertiary/aromatic N) is 1. The molecule has 0 aromatic heterocycles. The molecular formula is C19H20FN3O4. The zero-order valence-corrected chi connectivity index (χ0v) is 15.2. The number of benzene rings is 2. The molecule has 0 heterocycles. The molecule has 2 rings (SSSR count). The molecule has 0 aliphatic heterocycles. The lowest BCUT2D eigenvalue weighted by Gasteiger charge is -2.09. The van der Waals surface area contributed by atoms with Gasteiger partial charge in [0.2, 0.25) is 5.91 Å². The van der Waals surface area contributed by atoms with E-state index in [2.05, 4.69) is 15.8 Å². The highest BCUT2D eigenvalue weighted by atomic mass is 19.1. The summed E-state index contributed by atoms with van der Waals surface area (Å²) in [6.45, 7) is 1.58. The van der Waals surface area contributed by atoms with Gasteiger partial charge in [-0.25, -0.2) is 9.82 Å². The van der Waals surface area contributed by atoms with Crippen LogP contribution in [-0.2, 0) is 4.79 Å². The van der Waals surface area contributed by atoms with Crippen molar-refractivity contribution in [3.8, 4) is 11.5 Å². The molecule has 0 unspecified atom stereocenters. The van der Waals surface area contributed by atoms with E-state index >= 15 is 0 Å². The number of ether oxygens (including phenoxy) is 2. The van der Waals surface area contributed by atoms with Crippen molar-refractivity contribution in [2.45, 2.75) is 13.3 Å². The van der Waals surface area contributed by atoms with Crippen molar-refractivity contribution in [3.63, 3.8) is 0 Å². The Morgan fingerprint density at radius 3 is 2.44 bits per heavy atom. The maximum absolute atomic E-state index is 13.5. The molecule has 2 amide bonds. The minimum Gasteiger partial charge on any atom is -0.493 e. The highest BCUT2D eigenvalue weighted by molar-refractivity contribution is 6.06. The third-order valence-electron chi connectivity index (χ3n) is 3.56. The summed E-state index contributed by atoms with van der Waals surface area (Å²) < 4.78 is 23.8. The Morgan fingerprint density at radius 2 is 1.78 bits per heavy atom. The number of para-hydroxylation sites is 1. The second-order valence-corrected chi connectivity index (χ2v) is 5.56. The number of halogens is 1. The molecule has 0 saturated carbocycles. The summed E-state index contributed by atoms with van der Waals surface area (Å²) in [4.78, 5) is 24.1. The van der Waals surface area contributed by atoms with E-state index in [0.29, 0.717) is 22.8 Å². The molecule has 2 aromatic rings. The largest absolute Gasteiger partial charge is 0.493 e. The normalized spacial score (nSPS) is 10.9. The fraction of sp³-hybridized carbons (Fsp3) is 0.211. The monoisotopic (exact) mass is 373 g/mol. The van der Waals surface area contributed by atoms with Gasteiger partial charge in [0, 0.05) is 11.3 Å². The maximum atomic E-state index is 13.5. The molecule has 2 aromatic carbocycles. The van der Waals surface area contributed by atoms with Crippen LogP contribution in [0.4, 0.5) is 10.1 Å². The Bertz CT molecular complexity index is 868. The van der Waals surface area contributed by atoms with Crippen molar-refractivity contribution in [3.05, 3.63) is 53.8 Å². The maximum Gasteiger partial charge on any atom is 0.271 e. The second kappa shape index (κ2) is 9.33. The van der Waals surface area contributed by atoms with Crippen LogP contribution < -0.4 is 20.2 Å². The van der Waals surface area contributed by atoms with Crippen LogP contribution >= 0.6 is 0 Å². The summed E-state index contributed by atoms with van der Waals surface area (Å²) in [5, 5.41) is 6.34. The Morgan fingerprint density at radius 1 is 1.07 bits per heavy atom. The van der Waals surface area contributed by atoms with Crippen LogP contribution in [0.15, 0.2) is 47.6 Å². The summed E-state index contributed by atoms with van der Waals surface area (Å²) in [5.74, 6) is -0.526. The zero-order chi connectivity index (χ0) is 19.8. The van der Waals surface area contributed by atoms with Gasteiger partial charge in [0.25, 0.3) is 5.91 Å². The molecule has 8 heteroatoms. The first-order valence-corrected chi connectivity index (χ1v) is 8.04. The molecule has 0 atom stereocenters. The lowest BCUT2D eigenvalue weighted by molar-refractivity contribution is -0.115. The van der Waals surface area contributed by atoms with E-state index in [-0.39, 0.29) is 12.1 Å². The number of hydrogen-bond donors (Lipinski definition) is 2. The number of anilines is 1. The van der Waals surface area contributed by atoms with Crippen LogP contribution in [0, 0.1) is 5.82 Å². The third-order valence-corrected chi connectivity index (χ3v) is 3.56. The van der Waals surface area contributed by atoms with Gasteiger partial charge in [-0.05, 0) is 37.3 Å². The molecule has 0 spiro atoms. The number of amides is 2. The zero-order valence-electron chi connectivity index (χ0n) is 15.2. The molecule has 0 fully saturated rings. The van der Waals surface area contributed by atoms with Crippen LogP contribution in [0.5, 0.6) is 11.5 Å². The van der Waals surface area contributed by atoms with Gasteiger partial charge in [0.1, 0.15) is 5.82 Å². The minimum absolute atomic E-state index is 0.0877. The van der Waals surface area contributed by atoms with Crippen LogP contribution in [0.25, 0.3) is 0 Å². The highest BCUT2D eigenvalue weighted by Gasteiger charge is 2.11. The van der Waals surface area contributed by atoms with E-state index in [1.54, 1.807) is 25.1 Å². The smallest absolute Gasteiger partial charge is 0.271 e. The van der Waals surface area contributed by atoms with Gasteiger partial charge in [0.05, 0.1) is 26.3 Å². The van der Waals surface area contributed by atoms with Gasteiger partial charge in [-0.1, -0.05) is 12.1 Å². The molecule has 27 heavy (non-hydrogen) atoms. The molecular weight excluding hydrogens is 353 g/mol. The second-order valence-electron chi connectivity index (χ2n) is 5.56. The molecule has 0 aliphatic carbocycles. The van der Waals surface area contributed by atoms with Gasteiger partial charge in [0.15, 0.2) is 11.5 Å². The van der Waals surface area contributed by atoms with E-state index in [1.807, 2.05) is 0 Å². The number of rotatable bonds is 7. The van der Waals surface area contributed by atoms with E-state index in [0.717, 1.165) is 0 Å². The Balaban J connectivity index is 1.95. The first-order valence-electron chi connectivity index (χ1n) is 8.04. The fourth-order valence-electron chi connectivity index (χ4n) is 2.22. The molecule has 0 aliphatic rings. The molecule has 7 nitrogen and oxygen atoms in total. The number of hydrogen-bond acceptors (Lipinski definition) is 5. The van der Waals surface area contributed by atoms with Gasteiger partial charge in [-0.2, -0.15) is 5.10 Å². The molecule has 0 bridgehead atoms. The van der Waals surface area contributed by atoms with Crippen molar-refractivity contribution in [2.24, 2.45) is 5.10 Å². The quantitative estimate of drug-likeness (QED) is 0.577. The number of nitrogens with one attached hydrogen (secondary N) is 2. The van der Waals surface area contributed by atoms with Crippen molar-refractivity contribution in [2.75, 3.05) is 19.5 Å². The van der Waals surface area contributed by atoms with Gasteiger partial charge in [-0.3, -0.25) is 9.59 Å². The van der Waals surface area contributed by atoms with Crippen molar-refractivity contribution in [1.29, 1.82) is 0 Å². The highest BCUT2D eigenvalue weighted by Crippen LogP contribution is 2.27. The fourth-order valence-corrected chi connectivity index (χ4v) is 2.22. The van der Waals surface area contributed by atoms with E-state index in [1.165, 1.54) is 38.5 Å². The van der Waals surface area contributed by atoms with Crippen molar-refractivity contribution < 1.29 is 23.5 Å². The summed E-state index contributed by atoms with van der Waals surface area (Å²) in [5.41, 5.74) is 3.13. The van der Waals surface area contributed by atoms with Gasteiger partial charge < -0.3 is 14.8 Å². The molecule has 142 valence electrons. The average Bonchev–Trinajstić information content (AvgIpc) is 2.67. The third kappa shape index (κ3) is 5.53. The first kappa shape index (κ1) is 19.9. The van der Waals surface area contributed by atoms with Gasteiger partial charge in [-0.15, -0.1) is 0 Å². The standard InChI is InChI=1S/C19H20FN3O4/c1-12(10-18(24)21-15-7-5-4-6-14(15)20)22-23-19(25)13-8-9-16(26-2)17(11-13)27-3/h4-9,11H,10H2,1-3H3,(H,21,24)(H,23,25). The summed E-state index contributed by atoms with van der Waals surface area (Å²) >= 11 is 0. The first-order chi connectivity index (χ1) is 12.9. The van der Waals surface area contributed by atoms with E-state index < -0.39 is 17.6 Å². The number of carbonyl (C=O) groups is 2. The van der Waals surface area contributed by atoms with Crippen molar-refractivity contribution >= 4 is 23.2 Å². The van der Waals surface area contributed by atoms with Gasteiger partial charge >= 0.3 is 0 Å². The Labute approximate surface area is 156 Å². The lowest BCUT2D eigenvalue weighted by atomic mass is 10.2. The van der Waals surface area contributed by atoms with Crippen LogP contribution in [0.3, 0.4) is 0 Å². The Hall–Kier alpha value is -3.42. The van der Waals surface area contributed by atoms with Crippen LogP contribution in [0.2, 0.25) is 0 Å². The predicted molar refractivity (Wildman–Crippen MR) is 99.8 cm³/mol. The number of hydrazone groups is 1. The van der Waals surface area contributed by atoms with Crippen LogP contribution in [0.1, 0.15) is 23.7 Å². The minimum atomic E-state index is -0.526. The average molecular weight is 373 g/mol. The molecule has 2 N–H and O–H groups in total. The lowest BCUT2D eigenvalue weighted by Crippen LogP contribution is -2.21. The van der Waals surface area contributed by atoms with E-state index in [4.69, 9.17) is 9.47 Å². The Kier molecular flexibility index (Phi) is 6.87. The summed E-state index contributed by atoms with van der Waals surface area (Å²) in [7, 11) is 2.97. The molecule has 0 radical (unpaired) electrons. The summed E-state index contributed by atoms with van der Waals surface area (Å²) in [6, 6.07) is 10.5.